The van der Waals surface area contributed by atoms with Gasteiger partial charge in [0.25, 0.3) is 0 Å². The van der Waals surface area contributed by atoms with Crippen molar-refractivity contribution in [1.82, 2.24) is 15.2 Å². The molecule has 0 spiro atoms. The summed E-state index contributed by atoms with van der Waals surface area (Å²) in [5.41, 5.74) is 0.449. The van der Waals surface area contributed by atoms with Crippen LogP contribution in [0.5, 0.6) is 5.88 Å². The second kappa shape index (κ2) is 8.17. The summed E-state index contributed by atoms with van der Waals surface area (Å²) in [6.45, 7) is 8.12. The average molecular weight is 430 g/mol. The fourth-order valence-corrected chi connectivity index (χ4v) is 2.67. The highest BCUT2D eigenvalue weighted by Gasteiger charge is 2.37. The standard InChI is InChI=1S/C17H26N4O.HI/c1-3-18-16(20-13-17(2)8-9-17)21-11-7-14(12-21)22-15-6-4-5-10-19-15;/h4-6,10,14H,3,7-9,11-13H2,1-2H3,(H,18,20);1H. The lowest BCUT2D eigenvalue weighted by Crippen LogP contribution is -2.41. The summed E-state index contributed by atoms with van der Waals surface area (Å²) in [5.74, 6) is 1.74. The minimum atomic E-state index is 0. The number of nitrogens with zero attached hydrogens (tertiary/aromatic N) is 3. The third-order valence-electron chi connectivity index (χ3n) is 4.42. The molecule has 2 aliphatic rings. The van der Waals surface area contributed by atoms with Gasteiger partial charge < -0.3 is 15.0 Å². The highest BCUT2D eigenvalue weighted by atomic mass is 127. The van der Waals surface area contributed by atoms with E-state index in [9.17, 15) is 0 Å². The fourth-order valence-electron chi connectivity index (χ4n) is 2.67. The summed E-state index contributed by atoms with van der Waals surface area (Å²) < 4.78 is 5.96. The number of aromatic nitrogens is 1. The molecule has 1 N–H and O–H groups in total. The van der Waals surface area contributed by atoms with E-state index in [-0.39, 0.29) is 30.1 Å². The van der Waals surface area contributed by atoms with E-state index in [2.05, 4.69) is 29.0 Å². The van der Waals surface area contributed by atoms with Gasteiger partial charge in [-0.25, -0.2) is 4.98 Å². The first-order chi connectivity index (χ1) is 10.7. The van der Waals surface area contributed by atoms with Crippen LogP contribution in [0.25, 0.3) is 0 Å². The van der Waals surface area contributed by atoms with Crippen LogP contribution in [0.2, 0.25) is 0 Å². The van der Waals surface area contributed by atoms with Gasteiger partial charge in [0.1, 0.15) is 6.10 Å². The molecule has 6 heteroatoms. The quantitative estimate of drug-likeness (QED) is 0.444. The monoisotopic (exact) mass is 430 g/mol. The predicted octanol–water partition coefficient (Wildman–Crippen LogP) is 2.92. The van der Waals surface area contributed by atoms with Gasteiger partial charge in [0, 0.05) is 38.3 Å². The van der Waals surface area contributed by atoms with Crippen molar-refractivity contribution in [2.24, 2.45) is 10.4 Å². The Kier molecular flexibility index (Phi) is 6.50. The van der Waals surface area contributed by atoms with E-state index in [1.165, 1.54) is 12.8 Å². The number of likely N-dealkylation sites (tertiary alicyclic amines) is 1. The van der Waals surface area contributed by atoms with E-state index in [0.29, 0.717) is 11.3 Å². The van der Waals surface area contributed by atoms with E-state index >= 15 is 0 Å². The van der Waals surface area contributed by atoms with Gasteiger partial charge in [0.15, 0.2) is 5.96 Å². The summed E-state index contributed by atoms with van der Waals surface area (Å²) in [5, 5.41) is 3.41. The van der Waals surface area contributed by atoms with E-state index in [4.69, 9.17) is 9.73 Å². The van der Waals surface area contributed by atoms with Crippen molar-refractivity contribution in [3.63, 3.8) is 0 Å². The van der Waals surface area contributed by atoms with Crippen LogP contribution in [0.4, 0.5) is 0 Å². The molecule has 1 aliphatic carbocycles. The number of hydrogen-bond donors (Lipinski definition) is 1. The van der Waals surface area contributed by atoms with E-state index in [1.54, 1.807) is 6.20 Å². The van der Waals surface area contributed by atoms with Gasteiger partial charge in [-0.15, -0.1) is 24.0 Å². The summed E-state index contributed by atoms with van der Waals surface area (Å²) in [7, 11) is 0. The Morgan fingerprint density at radius 2 is 2.30 bits per heavy atom. The van der Waals surface area contributed by atoms with Gasteiger partial charge in [-0.1, -0.05) is 13.0 Å². The molecule has 2 heterocycles. The Balaban J connectivity index is 0.00000192. The van der Waals surface area contributed by atoms with E-state index in [0.717, 1.165) is 38.6 Å². The van der Waals surface area contributed by atoms with Crippen molar-refractivity contribution in [1.29, 1.82) is 0 Å². The molecule has 0 amide bonds. The van der Waals surface area contributed by atoms with Crippen molar-refractivity contribution in [3.8, 4) is 5.88 Å². The number of ether oxygens (including phenoxy) is 1. The van der Waals surface area contributed by atoms with Crippen LogP contribution in [-0.2, 0) is 0 Å². The third-order valence-corrected chi connectivity index (χ3v) is 4.42. The zero-order chi connectivity index (χ0) is 15.4. The first-order valence-corrected chi connectivity index (χ1v) is 8.29. The Labute approximate surface area is 155 Å². The molecule has 2 fully saturated rings. The molecule has 1 saturated carbocycles. The Morgan fingerprint density at radius 3 is 2.96 bits per heavy atom. The smallest absolute Gasteiger partial charge is 0.213 e. The molecule has 1 unspecified atom stereocenters. The van der Waals surface area contributed by atoms with Crippen LogP contribution in [-0.4, -0.2) is 48.1 Å². The SMILES string of the molecule is CCNC(=NCC1(C)CC1)N1CCC(Oc2ccccn2)C1.I. The van der Waals surface area contributed by atoms with Gasteiger partial charge in [0.05, 0.1) is 6.54 Å². The number of hydrogen-bond acceptors (Lipinski definition) is 3. The zero-order valence-corrected chi connectivity index (χ0v) is 16.3. The van der Waals surface area contributed by atoms with Crippen molar-refractivity contribution in [3.05, 3.63) is 24.4 Å². The summed E-state index contributed by atoms with van der Waals surface area (Å²) in [6.07, 6.45) is 5.58. The highest BCUT2D eigenvalue weighted by Crippen LogP contribution is 2.45. The van der Waals surface area contributed by atoms with Crippen LogP contribution < -0.4 is 10.1 Å². The van der Waals surface area contributed by atoms with Crippen molar-refractivity contribution >= 4 is 29.9 Å². The molecule has 128 valence electrons. The van der Waals surface area contributed by atoms with Crippen LogP contribution >= 0.6 is 24.0 Å². The third kappa shape index (κ3) is 5.22. The second-order valence-corrected chi connectivity index (χ2v) is 6.62. The molecule has 1 atom stereocenters. The number of guanidine groups is 1. The van der Waals surface area contributed by atoms with Gasteiger partial charge in [-0.3, -0.25) is 4.99 Å². The number of rotatable bonds is 5. The maximum absolute atomic E-state index is 5.96. The largest absolute Gasteiger partial charge is 0.472 e. The molecule has 1 aromatic heterocycles. The van der Waals surface area contributed by atoms with Gasteiger partial charge >= 0.3 is 0 Å². The van der Waals surface area contributed by atoms with Gasteiger partial charge in [0.2, 0.25) is 5.88 Å². The topological polar surface area (TPSA) is 49.8 Å². The molecule has 0 aromatic carbocycles. The highest BCUT2D eigenvalue weighted by molar-refractivity contribution is 14.0. The Hall–Kier alpha value is -1.05. The number of nitrogens with one attached hydrogen (secondary N) is 1. The minimum Gasteiger partial charge on any atom is -0.472 e. The van der Waals surface area contributed by atoms with E-state index in [1.807, 2.05) is 18.2 Å². The molecular formula is C17H27IN4O. The lowest BCUT2D eigenvalue weighted by atomic mass is 10.1. The first-order valence-electron chi connectivity index (χ1n) is 8.29. The van der Waals surface area contributed by atoms with Gasteiger partial charge in [-0.05, 0) is 31.2 Å². The summed E-state index contributed by atoms with van der Waals surface area (Å²) in [6, 6.07) is 5.77. The average Bonchev–Trinajstić information content (AvgIpc) is 3.08. The summed E-state index contributed by atoms with van der Waals surface area (Å²) in [4.78, 5) is 11.4. The molecule has 3 rings (SSSR count). The van der Waals surface area contributed by atoms with Crippen molar-refractivity contribution < 1.29 is 4.74 Å². The number of aliphatic imine (C=N–C) groups is 1. The Bertz CT molecular complexity index is 519. The Morgan fingerprint density at radius 1 is 1.48 bits per heavy atom. The minimum absolute atomic E-state index is 0. The van der Waals surface area contributed by atoms with Crippen LogP contribution in [0.15, 0.2) is 29.4 Å². The van der Waals surface area contributed by atoms with E-state index < -0.39 is 0 Å². The van der Waals surface area contributed by atoms with Crippen molar-refractivity contribution in [2.45, 2.75) is 39.2 Å². The van der Waals surface area contributed by atoms with Crippen molar-refractivity contribution in [2.75, 3.05) is 26.2 Å². The second-order valence-electron chi connectivity index (χ2n) is 6.62. The molecule has 23 heavy (non-hydrogen) atoms. The van der Waals surface area contributed by atoms with Gasteiger partial charge in [-0.2, -0.15) is 0 Å². The molecular weight excluding hydrogens is 403 g/mol. The zero-order valence-electron chi connectivity index (χ0n) is 14.0. The fraction of sp³-hybridized carbons (Fsp3) is 0.647. The van der Waals surface area contributed by atoms with Crippen LogP contribution in [0.1, 0.15) is 33.1 Å². The number of halogens is 1. The predicted molar refractivity (Wildman–Crippen MR) is 104 cm³/mol. The number of pyridine rings is 1. The normalized spacial score (nSPS) is 22.4. The van der Waals surface area contributed by atoms with Crippen LogP contribution in [0, 0.1) is 5.41 Å². The summed E-state index contributed by atoms with van der Waals surface area (Å²) >= 11 is 0. The van der Waals surface area contributed by atoms with Crippen LogP contribution in [0.3, 0.4) is 0 Å². The lowest BCUT2D eigenvalue weighted by molar-refractivity contribution is 0.205. The molecule has 1 saturated heterocycles. The molecule has 0 bridgehead atoms. The maximum Gasteiger partial charge on any atom is 0.213 e. The molecule has 5 nitrogen and oxygen atoms in total. The molecule has 1 aromatic rings. The lowest BCUT2D eigenvalue weighted by Gasteiger charge is -2.22. The maximum atomic E-state index is 5.96. The first kappa shape index (κ1) is 18.3. The molecule has 0 radical (unpaired) electrons. The molecule has 1 aliphatic heterocycles.